The fourth-order valence-corrected chi connectivity index (χ4v) is 3.97. The maximum absolute atomic E-state index is 12.5. The van der Waals surface area contributed by atoms with E-state index in [1.165, 1.54) is 6.08 Å². The Balaban J connectivity index is 1.52. The van der Waals surface area contributed by atoms with Crippen LogP contribution in [0.3, 0.4) is 0 Å². The zero-order chi connectivity index (χ0) is 23.2. The molecule has 0 unspecified atom stereocenters. The number of carbonyl (C=O) groups is 1. The molecule has 0 bridgehead atoms. The number of hydrogen-bond acceptors (Lipinski definition) is 6. The summed E-state index contributed by atoms with van der Waals surface area (Å²) in [6.45, 7) is 0.523. The molecular formula is C25H19IN2O5. The molecule has 1 heterocycles. The maximum Gasteiger partial charge on any atom is 0.266 e. The van der Waals surface area contributed by atoms with Crippen LogP contribution in [-0.4, -0.2) is 19.8 Å². The fraction of sp³-hybridized carbons (Fsp3) is 0.120. The molecule has 0 radical (unpaired) electrons. The lowest BCUT2D eigenvalue weighted by molar-refractivity contribution is -0.112. The lowest BCUT2D eigenvalue weighted by atomic mass is 10.1. The molecule has 0 atom stereocenters. The van der Waals surface area contributed by atoms with Crippen molar-refractivity contribution in [2.75, 3.05) is 19.2 Å². The predicted molar refractivity (Wildman–Crippen MR) is 131 cm³/mol. The van der Waals surface area contributed by atoms with Gasteiger partial charge in [-0.2, -0.15) is 5.26 Å². The van der Waals surface area contributed by atoms with Gasteiger partial charge in [-0.1, -0.05) is 24.3 Å². The first-order chi connectivity index (χ1) is 16.1. The summed E-state index contributed by atoms with van der Waals surface area (Å²) in [5, 5.41) is 12.2. The van der Waals surface area contributed by atoms with Crippen molar-refractivity contribution < 1.29 is 23.7 Å². The zero-order valence-electron chi connectivity index (χ0n) is 17.6. The minimum atomic E-state index is -0.485. The van der Waals surface area contributed by atoms with Gasteiger partial charge < -0.3 is 24.3 Å². The van der Waals surface area contributed by atoms with Gasteiger partial charge in [0, 0.05) is 5.69 Å². The summed E-state index contributed by atoms with van der Waals surface area (Å²) < 4.78 is 23.1. The van der Waals surface area contributed by atoms with Crippen molar-refractivity contribution in [1.82, 2.24) is 0 Å². The van der Waals surface area contributed by atoms with Crippen LogP contribution in [0.4, 0.5) is 5.69 Å². The second-order valence-corrected chi connectivity index (χ2v) is 8.16. The molecule has 7 nitrogen and oxygen atoms in total. The number of fused-ring (bicyclic) bond motifs is 1. The lowest BCUT2D eigenvalue weighted by Crippen LogP contribution is -2.13. The van der Waals surface area contributed by atoms with E-state index in [9.17, 15) is 10.1 Å². The van der Waals surface area contributed by atoms with E-state index in [1.807, 2.05) is 36.4 Å². The van der Waals surface area contributed by atoms with E-state index >= 15 is 0 Å². The van der Waals surface area contributed by atoms with Crippen molar-refractivity contribution in [3.05, 3.63) is 80.9 Å². The highest BCUT2D eigenvalue weighted by Crippen LogP contribution is 2.36. The molecule has 1 amide bonds. The molecule has 0 saturated carbocycles. The smallest absolute Gasteiger partial charge is 0.266 e. The summed E-state index contributed by atoms with van der Waals surface area (Å²) in [6.07, 6.45) is 1.52. The summed E-state index contributed by atoms with van der Waals surface area (Å²) >= 11 is 2.14. The van der Waals surface area contributed by atoms with Crippen molar-refractivity contribution in [3.8, 4) is 29.1 Å². The van der Waals surface area contributed by atoms with Crippen LogP contribution < -0.4 is 24.3 Å². The van der Waals surface area contributed by atoms with Crippen LogP contribution in [0.2, 0.25) is 0 Å². The first-order valence-corrected chi connectivity index (χ1v) is 11.0. The maximum atomic E-state index is 12.5. The molecule has 0 saturated heterocycles. The number of hydrogen-bond donors (Lipinski definition) is 1. The Hall–Kier alpha value is -3.71. The van der Waals surface area contributed by atoms with Crippen LogP contribution in [0.25, 0.3) is 6.08 Å². The number of anilines is 1. The number of ether oxygens (including phenoxy) is 4. The van der Waals surface area contributed by atoms with Crippen LogP contribution in [0.15, 0.2) is 66.2 Å². The summed E-state index contributed by atoms with van der Waals surface area (Å²) in [4.78, 5) is 12.5. The second-order valence-electron chi connectivity index (χ2n) is 7.00. The van der Waals surface area contributed by atoms with Gasteiger partial charge >= 0.3 is 0 Å². The summed E-state index contributed by atoms with van der Waals surface area (Å²) in [7, 11) is 1.54. The number of carbonyl (C=O) groups excluding carboxylic acids is 1. The number of nitrogens with one attached hydrogen (secondary N) is 1. The number of amides is 1. The standard InChI is InChI=1S/C25H19IN2O5/c1-30-23-12-17(9-18(13-27)25(29)28-19-5-3-2-4-6-19)10-20(26)24(23)31-14-16-7-8-21-22(11-16)33-15-32-21/h2-12H,14-15H2,1H3,(H,28,29)/b18-9-. The Morgan fingerprint density at radius 2 is 1.94 bits per heavy atom. The topological polar surface area (TPSA) is 89.8 Å². The van der Waals surface area contributed by atoms with Crippen molar-refractivity contribution in [1.29, 1.82) is 5.26 Å². The molecule has 33 heavy (non-hydrogen) atoms. The van der Waals surface area contributed by atoms with Gasteiger partial charge in [-0.3, -0.25) is 4.79 Å². The van der Waals surface area contributed by atoms with Gasteiger partial charge in [0.1, 0.15) is 18.2 Å². The molecule has 0 aromatic heterocycles. The van der Waals surface area contributed by atoms with Gasteiger partial charge in [-0.15, -0.1) is 0 Å². The average Bonchev–Trinajstić information content (AvgIpc) is 3.30. The Morgan fingerprint density at radius 1 is 1.15 bits per heavy atom. The van der Waals surface area contributed by atoms with Gasteiger partial charge in [-0.05, 0) is 76.2 Å². The molecule has 1 aliphatic heterocycles. The third-order valence-electron chi connectivity index (χ3n) is 4.78. The van der Waals surface area contributed by atoms with Crippen LogP contribution >= 0.6 is 22.6 Å². The summed E-state index contributed by atoms with van der Waals surface area (Å²) in [5.74, 6) is 1.98. The zero-order valence-corrected chi connectivity index (χ0v) is 19.8. The molecule has 166 valence electrons. The molecule has 8 heteroatoms. The molecule has 1 aliphatic rings. The van der Waals surface area contributed by atoms with E-state index in [1.54, 1.807) is 37.4 Å². The van der Waals surface area contributed by atoms with Gasteiger partial charge in [0.25, 0.3) is 5.91 Å². The van der Waals surface area contributed by atoms with Gasteiger partial charge in [0.15, 0.2) is 23.0 Å². The largest absolute Gasteiger partial charge is 0.493 e. The minimum absolute atomic E-state index is 0.0225. The number of halogens is 1. The SMILES string of the molecule is COc1cc(/C=C(/C#N)C(=O)Nc2ccccc2)cc(I)c1OCc1ccc2c(c1)OCO2. The monoisotopic (exact) mass is 554 g/mol. The first-order valence-electron chi connectivity index (χ1n) is 9.94. The van der Waals surface area contributed by atoms with Crippen molar-refractivity contribution in [3.63, 3.8) is 0 Å². The summed E-state index contributed by atoms with van der Waals surface area (Å²) in [5.41, 5.74) is 2.16. The minimum Gasteiger partial charge on any atom is -0.493 e. The molecule has 0 fully saturated rings. The number of rotatable bonds is 7. The summed E-state index contributed by atoms with van der Waals surface area (Å²) in [6, 6.07) is 20.1. The predicted octanol–water partition coefficient (Wildman–Crippen LogP) is 5.15. The normalized spacial score (nSPS) is 12.1. The lowest BCUT2D eigenvalue weighted by Gasteiger charge is -2.14. The van der Waals surface area contributed by atoms with Crippen LogP contribution in [-0.2, 0) is 11.4 Å². The van der Waals surface area contributed by atoms with Crippen LogP contribution in [0.1, 0.15) is 11.1 Å². The molecule has 1 N–H and O–H groups in total. The van der Waals surface area contributed by atoms with E-state index < -0.39 is 5.91 Å². The molecule has 4 rings (SSSR count). The molecule has 3 aromatic carbocycles. The Morgan fingerprint density at radius 3 is 2.70 bits per heavy atom. The number of benzene rings is 3. The van der Waals surface area contributed by atoms with Gasteiger partial charge in [0.05, 0.1) is 10.7 Å². The van der Waals surface area contributed by atoms with Crippen LogP contribution in [0, 0.1) is 14.9 Å². The molecular weight excluding hydrogens is 535 g/mol. The number of methoxy groups -OCH3 is 1. The molecule has 0 spiro atoms. The highest BCUT2D eigenvalue weighted by molar-refractivity contribution is 14.1. The Labute approximate surface area is 204 Å². The first kappa shape index (κ1) is 22.5. The van der Waals surface area contributed by atoms with E-state index in [-0.39, 0.29) is 12.4 Å². The van der Waals surface area contributed by atoms with E-state index in [2.05, 4.69) is 27.9 Å². The third kappa shape index (κ3) is 5.38. The van der Waals surface area contributed by atoms with Gasteiger partial charge in [-0.25, -0.2) is 0 Å². The van der Waals surface area contributed by atoms with Gasteiger partial charge in [0.2, 0.25) is 6.79 Å². The van der Waals surface area contributed by atoms with Crippen LogP contribution in [0.5, 0.6) is 23.0 Å². The number of para-hydroxylation sites is 1. The van der Waals surface area contributed by atoms with E-state index in [0.717, 1.165) is 9.13 Å². The second kappa shape index (κ2) is 10.3. The molecule has 0 aliphatic carbocycles. The molecule has 3 aromatic rings. The highest BCUT2D eigenvalue weighted by Gasteiger charge is 2.16. The number of nitrogens with zero attached hydrogens (tertiary/aromatic N) is 1. The highest BCUT2D eigenvalue weighted by atomic mass is 127. The third-order valence-corrected chi connectivity index (χ3v) is 5.58. The number of nitriles is 1. The van der Waals surface area contributed by atoms with Crippen molar-refractivity contribution in [2.24, 2.45) is 0 Å². The van der Waals surface area contributed by atoms with Crippen molar-refractivity contribution in [2.45, 2.75) is 6.61 Å². The Bertz CT molecular complexity index is 1250. The Kier molecular flexibility index (Phi) is 7.00. The quantitative estimate of drug-likeness (QED) is 0.247. The van der Waals surface area contributed by atoms with E-state index in [0.29, 0.717) is 40.9 Å². The van der Waals surface area contributed by atoms with E-state index in [4.69, 9.17) is 18.9 Å². The average molecular weight is 554 g/mol. The fourth-order valence-electron chi connectivity index (χ4n) is 3.18. The van der Waals surface area contributed by atoms with Crippen molar-refractivity contribution >= 4 is 40.3 Å².